The van der Waals surface area contributed by atoms with Crippen molar-refractivity contribution in [1.29, 1.82) is 0 Å². The van der Waals surface area contributed by atoms with Gasteiger partial charge in [-0.05, 0) is 41.8 Å². The van der Waals surface area contributed by atoms with Crippen LogP contribution in [-0.4, -0.2) is 32.3 Å². The van der Waals surface area contributed by atoms with Gasteiger partial charge in [-0.1, -0.05) is 24.3 Å². The number of hydrogen-bond donors (Lipinski definition) is 2. The van der Waals surface area contributed by atoms with Crippen LogP contribution in [0.25, 0.3) is 16.4 Å². The Hall–Kier alpha value is -3.50. The van der Waals surface area contributed by atoms with Crippen LogP contribution in [0.3, 0.4) is 0 Å². The number of nitrogens with zero attached hydrogens (tertiary/aromatic N) is 3. The first kappa shape index (κ1) is 21.7. The highest BCUT2D eigenvalue weighted by Gasteiger charge is 2.20. The zero-order chi connectivity index (χ0) is 22.5. The molecular formula is C22H18FN5O2S2. The first-order valence-electron chi connectivity index (χ1n) is 9.59. The Morgan fingerprint density at radius 2 is 1.97 bits per heavy atom. The Balaban J connectivity index is 1.63. The van der Waals surface area contributed by atoms with Crippen molar-refractivity contribution in [2.45, 2.75) is 11.3 Å². The standard InChI is InChI=1S/C22H18FN5O2S2/c23-14-5-3-6-15(13-14)28-21(18-9-4-11-31-18)26-20(27-28)22(30)25-16-7-1-2-8-17(16)32-12-10-19(24)29/h1-9,11,13H,10,12H2,(H2,24,29)(H,25,30). The van der Waals surface area contributed by atoms with Gasteiger partial charge in [-0.15, -0.1) is 28.2 Å². The summed E-state index contributed by atoms with van der Waals surface area (Å²) in [5.41, 5.74) is 6.24. The lowest BCUT2D eigenvalue weighted by Crippen LogP contribution is -2.15. The number of benzene rings is 2. The number of thioether (sulfide) groups is 1. The van der Waals surface area contributed by atoms with Crippen molar-refractivity contribution in [3.63, 3.8) is 0 Å². The van der Waals surface area contributed by atoms with E-state index in [2.05, 4.69) is 15.4 Å². The molecule has 2 aromatic carbocycles. The van der Waals surface area contributed by atoms with Crippen molar-refractivity contribution >= 4 is 40.6 Å². The summed E-state index contributed by atoms with van der Waals surface area (Å²) in [5, 5.41) is 9.07. The van der Waals surface area contributed by atoms with Crippen molar-refractivity contribution in [2.24, 2.45) is 5.73 Å². The number of aromatic nitrogens is 3. The molecule has 0 aliphatic rings. The summed E-state index contributed by atoms with van der Waals surface area (Å²) in [4.78, 5) is 30.0. The molecule has 10 heteroatoms. The molecule has 7 nitrogen and oxygen atoms in total. The summed E-state index contributed by atoms with van der Waals surface area (Å²) >= 11 is 2.86. The molecule has 0 aliphatic carbocycles. The molecule has 0 saturated heterocycles. The largest absolute Gasteiger partial charge is 0.370 e. The molecule has 2 amide bonds. The van der Waals surface area contributed by atoms with Gasteiger partial charge in [-0.3, -0.25) is 9.59 Å². The number of carbonyl (C=O) groups excluding carboxylic acids is 2. The smallest absolute Gasteiger partial charge is 0.295 e. The Morgan fingerprint density at radius 1 is 1.12 bits per heavy atom. The Bertz CT molecular complexity index is 1260. The molecule has 32 heavy (non-hydrogen) atoms. The second-order valence-electron chi connectivity index (χ2n) is 6.64. The van der Waals surface area contributed by atoms with Crippen molar-refractivity contribution in [3.05, 3.63) is 77.7 Å². The van der Waals surface area contributed by atoms with Crippen LogP contribution in [0, 0.1) is 5.82 Å². The molecule has 2 heterocycles. The number of nitrogens with two attached hydrogens (primary N) is 1. The van der Waals surface area contributed by atoms with E-state index in [1.165, 1.54) is 39.9 Å². The van der Waals surface area contributed by atoms with Crippen LogP contribution in [0.15, 0.2) is 70.9 Å². The predicted octanol–water partition coefficient (Wildman–Crippen LogP) is 4.35. The molecule has 0 spiro atoms. The lowest BCUT2D eigenvalue weighted by atomic mass is 10.3. The number of carbonyl (C=O) groups is 2. The van der Waals surface area contributed by atoms with Gasteiger partial charge in [0, 0.05) is 17.1 Å². The van der Waals surface area contributed by atoms with E-state index < -0.39 is 11.7 Å². The lowest BCUT2D eigenvalue weighted by Gasteiger charge is -2.09. The highest BCUT2D eigenvalue weighted by Crippen LogP contribution is 2.29. The third-order valence-electron chi connectivity index (χ3n) is 4.35. The maximum absolute atomic E-state index is 13.8. The van der Waals surface area contributed by atoms with Crippen molar-refractivity contribution < 1.29 is 14.0 Å². The summed E-state index contributed by atoms with van der Waals surface area (Å²) in [7, 11) is 0. The zero-order valence-electron chi connectivity index (χ0n) is 16.7. The van der Waals surface area contributed by atoms with E-state index >= 15 is 0 Å². The molecule has 0 unspecified atom stereocenters. The lowest BCUT2D eigenvalue weighted by molar-refractivity contribution is -0.117. The fourth-order valence-corrected chi connectivity index (χ4v) is 4.57. The number of rotatable bonds is 8. The molecule has 0 bridgehead atoms. The first-order chi connectivity index (χ1) is 15.5. The van der Waals surface area contributed by atoms with Crippen LogP contribution in [0.4, 0.5) is 10.1 Å². The second kappa shape index (κ2) is 9.75. The van der Waals surface area contributed by atoms with E-state index in [9.17, 15) is 14.0 Å². The number of thiophene rings is 1. The van der Waals surface area contributed by atoms with Crippen molar-refractivity contribution in [1.82, 2.24) is 14.8 Å². The van der Waals surface area contributed by atoms with Gasteiger partial charge in [-0.25, -0.2) is 14.1 Å². The van der Waals surface area contributed by atoms with E-state index in [-0.39, 0.29) is 18.2 Å². The highest BCUT2D eigenvalue weighted by atomic mass is 32.2. The van der Waals surface area contributed by atoms with E-state index in [1.807, 2.05) is 29.6 Å². The van der Waals surface area contributed by atoms with Crippen LogP contribution >= 0.6 is 23.1 Å². The maximum Gasteiger partial charge on any atom is 0.295 e. The Labute approximate surface area is 191 Å². The molecule has 3 N–H and O–H groups in total. The SMILES string of the molecule is NC(=O)CCSc1ccccc1NC(=O)c1nc(-c2cccs2)n(-c2cccc(F)c2)n1. The fraction of sp³-hybridized carbons (Fsp3) is 0.0909. The molecule has 0 saturated carbocycles. The van der Waals surface area contributed by atoms with E-state index in [1.54, 1.807) is 24.3 Å². The highest BCUT2D eigenvalue weighted by molar-refractivity contribution is 7.99. The van der Waals surface area contributed by atoms with Gasteiger partial charge in [0.05, 0.1) is 16.3 Å². The minimum atomic E-state index is -0.499. The number of nitrogens with one attached hydrogen (secondary N) is 1. The molecule has 0 aliphatic heterocycles. The number of halogens is 1. The molecular weight excluding hydrogens is 449 g/mol. The van der Waals surface area contributed by atoms with Crippen molar-refractivity contribution in [2.75, 3.05) is 11.1 Å². The minimum absolute atomic E-state index is 0.0467. The fourth-order valence-electron chi connectivity index (χ4n) is 2.90. The number of anilines is 1. The second-order valence-corrected chi connectivity index (χ2v) is 8.73. The molecule has 0 atom stereocenters. The number of primary amides is 1. The normalized spacial score (nSPS) is 10.8. The van der Waals surface area contributed by atoms with Crippen LogP contribution in [0.2, 0.25) is 0 Å². The summed E-state index contributed by atoms with van der Waals surface area (Å²) in [6, 6.07) is 16.9. The van der Waals surface area contributed by atoms with Crippen LogP contribution < -0.4 is 11.1 Å². The first-order valence-corrected chi connectivity index (χ1v) is 11.5. The summed E-state index contributed by atoms with van der Waals surface area (Å²) < 4.78 is 15.3. The number of para-hydroxylation sites is 1. The third-order valence-corrected chi connectivity index (χ3v) is 6.29. The van der Waals surface area contributed by atoms with Gasteiger partial charge in [0.25, 0.3) is 5.91 Å². The van der Waals surface area contributed by atoms with Gasteiger partial charge in [-0.2, -0.15) is 0 Å². The number of hydrogen-bond acceptors (Lipinski definition) is 6. The minimum Gasteiger partial charge on any atom is -0.370 e. The van der Waals surface area contributed by atoms with E-state index in [4.69, 9.17) is 5.73 Å². The molecule has 2 aromatic heterocycles. The van der Waals surface area contributed by atoms with Crippen LogP contribution in [0.1, 0.15) is 17.0 Å². The van der Waals surface area contributed by atoms with Crippen LogP contribution in [-0.2, 0) is 4.79 Å². The molecule has 0 fully saturated rings. The van der Waals surface area contributed by atoms with E-state index in [0.29, 0.717) is 23.0 Å². The average molecular weight is 468 g/mol. The molecule has 0 radical (unpaired) electrons. The zero-order valence-corrected chi connectivity index (χ0v) is 18.3. The van der Waals surface area contributed by atoms with Gasteiger partial charge in [0.2, 0.25) is 11.7 Å². The van der Waals surface area contributed by atoms with Crippen LogP contribution in [0.5, 0.6) is 0 Å². The molecule has 4 aromatic rings. The third kappa shape index (κ3) is 5.04. The number of amides is 2. The summed E-state index contributed by atoms with van der Waals surface area (Å²) in [6.07, 6.45) is 0.233. The molecule has 4 rings (SSSR count). The molecule has 162 valence electrons. The quantitative estimate of drug-likeness (QED) is 0.375. The van der Waals surface area contributed by atoms with Gasteiger partial charge in [0.15, 0.2) is 5.82 Å². The monoisotopic (exact) mass is 467 g/mol. The van der Waals surface area contributed by atoms with Gasteiger partial charge >= 0.3 is 0 Å². The summed E-state index contributed by atoms with van der Waals surface area (Å²) in [5.74, 6) is -0.400. The maximum atomic E-state index is 13.8. The topological polar surface area (TPSA) is 103 Å². The van der Waals surface area contributed by atoms with E-state index in [0.717, 1.165) is 9.77 Å². The van der Waals surface area contributed by atoms with Gasteiger partial charge in [0.1, 0.15) is 5.82 Å². The van der Waals surface area contributed by atoms with Gasteiger partial charge < -0.3 is 11.1 Å². The average Bonchev–Trinajstić information content (AvgIpc) is 3.45. The van der Waals surface area contributed by atoms with Crippen molar-refractivity contribution in [3.8, 4) is 16.4 Å². The Morgan fingerprint density at radius 3 is 2.72 bits per heavy atom. The predicted molar refractivity (Wildman–Crippen MR) is 124 cm³/mol. The summed E-state index contributed by atoms with van der Waals surface area (Å²) in [6.45, 7) is 0. The Kier molecular flexibility index (Phi) is 6.62.